The molecule has 0 spiro atoms. The van der Waals surface area contributed by atoms with Crippen LogP contribution in [0.15, 0.2) is 36.9 Å². The van der Waals surface area contributed by atoms with Crippen LogP contribution >= 0.6 is 0 Å². The number of hydrogen-bond donors (Lipinski definition) is 2. The maximum Gasteiger partial charge on any atom is 0.254 e. The summed E-state index contributed by atoms with van der Waals surface area (Å²) in [6.45, 7) is 2.37. The number of anilines is 1. The molecular formula is C13H14N4O. The second-order valence-electron chi connectivity index (χ2n) is 3.94. The molecule has 2 aromatic rings. The third kappa shape index (κ3) is 2.63. The molecule has 5 nitrogen and oxygen atoms in total. The highest BCUT2D eigenvalue weighted by atomic mass is 16.1. The average Bonchev–Trinajstić information content (AvgIpc) is 2.41. The molecule has 1 amide bonds. The van der Waals surface area contributed by atoms with E-state index >= 15 is 0 Å². The number of nitrogens with two attached hydrogens (primary N) is 1. The normalized spacial score (nSPS) is 10.1. The fourth-order valence-corrected chi connectivity index (χ4v) is 1.59. The molecule has 0 unspecified atom stereocenters. The lowest BCUT2D eigenvalue weighted by Crippen LogP contribution is -2.23. The van der Waals surface area contributed by atoms with Crippen LogP contribution in [0.2, 0.25) is 0 Å². The Balaban J connectivity index is 2.04. The van der Waals surface area contributed by atoms with Gasteiger partial charge in [0.15, 0.2) is 0 Å². The number of nitrogen functional groups attached to an aromatic ring is 1. The highest BCUT2D eigenvalue weighted by Gasteiger charge is 2.07. The SMILES string of the molecule is Cc1c(N)cccc1CNC(=O)c1cncnc1. The van der Waals surface area contributed by atoms with Gasteiger partial charge in [0, 0.05) is 24.6 Å². The van der Waals surface area contributed by atoms with Crippen molar-refractivity contribution in [3.05, 3.63) is 53.6 Å². The van der Waals surface area contributed by atoms with E-state index < -0.39 is 0 Å². The van der Waals surface area contributed by atoms with E-state index in [1.165, 1.54) is 18.7 Å². The lowest BCUT2D eigenvalue weighted by Gasteiger charge is -2.09. The Bertz CT molecular complexity index is 554. The van der Waals surface area contributed by atoms with E-state index in [9.17, 15) is 4.79 Å². The predicted molar refractivity (Wildman–Crippen MR) is 68.8 cm³/mol. The fraction of sp³-hybridized carbons (Fsp3) is 0.154. The Labute approximate surface area is 105 Å². The molecular weight excluding hydrogens is 228 g/mol. The van der Waals surface area contributed by atoms with Crippen molar-refractivity contribution in [2.45, 2.75) is 13.5 Å². The maximum absolute atomic E-state index is 11.8. The van der Waals surface area contributed by atoms with Gasteiger partial charge in [-0.25, -0.2) is 9.97 Å². The number of hydrogen-bond acceptors (Lipinski definition) is 4. The number of benzene rings is 1. The smallest absolute Gasteiger partial charge is 0.254 e. The van der Waals surface area contributed by atoms with Crippen molar-refractivity contribution in [2.75, 3.05) is 5.73 Å². The van der Waals surface area contributed by atoms with Crippen LogP contribution in [-0.4, -0.2) is 15.9 Å². The summed E-state index contributed by atoms with van der Waals surface area (Å²) >= 11 is 0. The third-order valence-electron chi connectivity index (χ3n) is 2.75. The number of carbonyl (C=O) groups is 1. The molecule has 18 heavy (non-hydrogen) atoms. The summed E-state index contributed by atoms with van der Waals surface area (Å²) in [4.78, 5) is 19.4. The van der Waals surface area contributed by atoms with E-state index in [1.54, 1.807) is 0 Å². The monoisotopic (exact) mass is 242 g/mol. The Kier molecular flexibility index (Phi) is 3.52. The van der Waals surface area contributed by atoms with E-state index in [-0.39, 0.29) is 5.91 Å². The van der Waals surface area contributed by atoms with Gasteiger partial charge in [0.1, 0.15) is 6.33 Å². The first-order chi connectivity index (χ1) is 8.68. The quantitative estimate of drug-likeness (QED) is 0.795. The number of amides is 1. The molecule has 1 aromatic heterocycles. The van der Waals surface area contributed by atoms with Gasteiger partial charge >= 0.3 is 0 Å². The molecule has 0 saturated heterocycles. The van der Waals surface area contributed by atoms with Gasteiger partial charge in [-0.15, -0.1) is 0 Å². The molecule has 92 valence electrons. The zero-order valence-corrected chi connectivity index (χ0v) is 10.1. The second kappa shape index (κ2) is 5.27. The van der Waals surface area contributed by atoms with Gasteiger partial charge in [0.05, 0.1) is 5.56 Å². The zero-order valence-electron chi connectivity index (χ0n) is 10.1. The van der Waals surface area contributed by atoms with Gasteiger partial charge in [-0.05, 0) is 24.1 Å². The summed E-state index contributed by atoms with van der Waals surface area (Å²) in [6.07, 6.45) is 4.35. The molecule has 1 aromatic carbocycles. The van der Waals surface area contributed by atoms with Crippen LogP contribution in [0.4, 0.5) is 5.69 Å². The van der Waals surface area contributed by atoms with Crippen molar-refractivity contribution in [1.29, 1.82) is 0 Å². The van der Waals surface area contributed by atoms with E-state index in [0.29, 0.717) is 12.1 Å². The van der Waals surface area contributed by atoms with Gasteiger partial charge in [0.2, 0.25) is 0 Å². The first-order valence-electron chi connectivity index (χ1n) is 5.55. The number of nitrogens with one attached hydrogen (secondary N) is 1. The first-order valence-corrected chi connectivity index (χ1v) is 5.55. The van der Waals surface area contributed by atoms with Crippen LogP contribution < -0.4 is 11.1 Å². The number of nitrogens with zero attached hydrogens (tertiary/aromatic N) is 2. The van der Waals surface area contributed by atoms with Crippen molar-refractivity contribution in [3.63, 3.8) is 0 Å². The Hall–Kier alpha value is -2.43. The van der Waals surface area contributed by atoms with Crippen molar-refractivity contribution < 1.29 is 4.79 Å². The maximum atomic E-state index is 11.8. The standard InChI is InChI=1S/C13H14N4O/c1-9-10(3-2-4-12(9)14)7-17-13(18)11-5-15-8-16-6-11/h2-6,8H,7,14H2,1H3,(H,17,18). The Morgan fingerprint density at radius 2 is 2.06 bits per heavy atom. The number of carbonyl (C=O) groups excluding carboxylic acids is 1. The lowest BCUT2D eigenvalue weighted by molar-refractivity contribution is 0.0950. The summed E-state index contributed by atoms with van der Waals surface area (Å²) in [5.74, 6) is -0.197. The van der Waals surface area contributed by atoms with Crippen LogP contribution in [0.5, 0.6) is 0 Å². The molecule has 0 aliphatic rings. The fourth-order valence-electron chi connectivity index (χ4n) is 1.59. The number of aromatic nitrogens is 2. The van der Waals surface area contributed by atoms with Crippen LogP contribution in [-0.2, 0) is 6.54 Å². The molecule has 0 aliphatic heterocycles. The van der Waals surface area contributed by atoms with Crippen molar-refractivity contribution >= 4 is 11.6 Å². The molecule has 0 radical (unpaired) electrons. The van der Waals surface area contributed by atoms with Crippen LogP contribution in [0.3, 0.4) is 0 Å². The zero-order chi connectivity index (χ0) is 13.0. The highest BCUT2D eigenvalue weighted by molar-refractivity contribution is 5.93. The molecule has 0 bridgehead atoms. The molecule has 1 heterocycles. The summed E-state index contributed by atoms with van der Waals surface area (Å²) in [5, 5.41) is 2.81. The lowest BCUT2D eigenvalue weighted by atomic mass is 10.1. The van der Waals surface area contributed by atoms with Gasteiger partial charge in [0.25, 0.3) is 5.91 Å². The predicted octanol–water partition coefficient (Wildman–Crippen LogP) is 1.30. The topological polar surface area (TPSA) is 80.9 Å². The van der Waals surface area contributed by atoms with E-state index in [0.717, 1.165) is 16.8 Å². The second-order valence-corrected chi connectivity index (χ2v) is 3.94. The summed E-state index contributed by atoms with van der Waals surface area (Å²) in [6, 6.07) is 5.65. The molecule has 0 atom stereocenters. The first kappa shape index (κ1) is 12.0. The molecule has 5 heteroatoms. The van der Waals surface area contributed by atoms with E-state index in [2.05, 4.69) is 15.3 Å². The molecule has 0 aliphatic carbocycles. The Morgan fingerprint density at radius 3 is 2.78 bits per heavy atom. The number of rotatable bonds is 3. The van der Waals surface area contributed by atoms with Gasteiger partial charge in [-0.1, -0.05) is 12.1 Å². The minimum Gasteiger partial charge on any atom is -0.399 e. The van der Waals surface area contributed by atoms with Crippen molar-refractivity contribution in [1.82, 2.24) is 15.3 Å². The molecule has 2 rings (SSSR count). The third-order valence-corrected chi connectivity index (χ3v) is 2.75. The van der Waals surface area contributed by atoms with Gasteiger partial charge in [-0.2, -0.15) is 0 Å². The van der Waals surface area contributed by atoms with Gasteiger partial charge < -0.3 is 11.1 Å². The molecule has 0 fully saturated rings. The average molecular weight is 242 g/mol. The van der Waals surface area contributed by atoms with Crippen molar-refractivity contribution in [3.8, 4) is 0 Å². The summed E-state index contributed by atoms with van der Waals surface area (Å²) < 4.78 is 0. The minimum atomic E-state index is -0.197. The van der Waals surface area contributed by atoms with E-state index in [1.807, 2.05) is 25.1 Å². The molecule has 0 saturated carbocycles. The van der Waals surface area contributed by atoms with Crippen LogP contribution in [0, 0.1) is 6.92 Å². The van der Waals surface area contributed by atoms with Crippen LogP contribution in [0.1, 0.15) is 21.5 Å². The minimum absolute atomic E-state index is 0.197. The highest BCUT2D eigenvalue weighted by Crippen LogP contribution is 2.15. The van der Waals surface area contributed by atoms with Crippen LogP contribution in [0.25, 0.3) is 0 Å². The summed E-state index contributed by atoms with van der Waals surface area (Å²) in [5.41, 5.74) is 8.96. The van der Waals surface area contributed by atoms with Crippen molar-refractivity contribution in [2.24, 2.45) is 0 Å². The van der Waals surface area contributed by atoms with E-state index in [4.69, 9.17) is 5.73 Å². The largest absolute Gasteiger partial charge is 0.399 e. The van der Waals surface area contributed by atoms with Gasteiger partial charge in [-0.3, -0.25) is 4.79 Å². The summed E-state index contributed by atoms with van der Waals surface area (Å²) in [7, 11) is 0. The molecule has 3 N–H and O–H groups in total. The Morgan fingerprint density at radius 1 is 1.33 bits per heavy atom.